The van der Waals surface area contributed by atoms with E-state index in [0.717, 1.165) is 40.2 Å². The number of hydrogen-bond donors (Lipinski definition) is 0. The predicted molar refractivity (Wildman–Crippen MR) is 146 cm³/mol. The molecule has 1 aliphatic rings. The lowest BCUT2D eigenvalue weighted by Crippen LogP contribution is -2.29. The van der Waals surface area contributed by atoms with Crippen LogP contribution in [0.25, 0.3) is 23.0 Å². The van der Waals surface area contributed by atoms with Gasteiger partial charge >= 0.3 is 0 Å². The molecule has 1 aromatic heterocycles. The molecular weight excluding hydrogens is 478 g/mol. The second-order valence-corrected chi connectivity index (χ2v) is 10.2. The number of ether oxygens (including phenoxy) is 2. The average Bonchev–Trinajstić information content (AvgIpc) is 3.37. The zero-order valence-electron chi connectivity index (χ0n) is 20.4. The Morgan fingerprint density at radius 2 is 1.94 bits per heavy atom. The van der Waals surface area contributed by atoms with Gasteiger partial charge in [0.2, 0.25) is 0 Å². The van der Waals surface area contributed by atoms with E-state index in [1.54, 1.807) is 12.0 Å². The van der Waals surface area contributed by atoms with Gasteiger partial charge in [-0.1, -0.05) is 42.2 Å². The topological polar surface area (TPSA) is 56.6 Å². The summed E-state index contributed by atoms with van der Waals surface area (Å²) >= 11 is 6.81. The van der Waals surface area contributed by atoms with Crippen LogP contribution in [0.15, 0.2) is 59.6 Å². The Balaban J connectivity index is 1.73. The van der Waals surface area contributed by atoms with Crippen LogP contribution >= 0.6 is 24.0 Å². The minimum absolute atomic E-state index is 0.0774. The highest BCUT2D eigenvalue weighted by Gasteiger charge is 2.32. The van der Waals surface area contributed by atoms with Crippen molar-refractivity contribution >= 4 is 40.3 Å². The summed E-state index contributed by atoms with van der Waals surface area (Å²) in [5, 5.41) is 4.90. The van der Waals surface area contributed by atoms with Gasteiger partial charge in [0.1, 0.15) is 15.8 Å². The van der Waals surface area contributed by atoms with Crippen molar-refractivity contribution in [3.8, 4) is 22.7 Å². The van der Waals surface area contributed by atoms with Crippen molar-refractivity contribution in [1.82, 2.24) is 14.7 Å². The number of benzene rings is 2. The van der Waals surface area contributed by atoms with Crippen LogP contribution in [0.4, 0.5) is 0 Å². The number of nitrogens with zero attached hydrogens (tertiary/aromatic N) is 3. The van der Waals surface area contributed by atoms with Gasteiger partial charge in [0.05, 0.1) is 16.7 Å². The normalized spacial score (nSPS) is 15.0. The van der Waals surface area contributed by atoms with Crippen LogP contribution < -0.4 is 4.74 Å². The molecule has 0 atom stereocenters. The van der Waals surface area contributed by atoms with E-state index in [0.29, 0.717) is 22.4 Å². The van der Waals surface area contributed by atoms with Crippen molar-refractivity contribution < 1.29 is 14.3 Å². The molecule has 2 aromatic carbocycles. The van der Waals surface area contributed by atoms with E-state index < -0.39 is 0 Å². The largest absolute Gasteiger partial charge is 0.491 e. The van der Waals surface area contributed by atoms with Crippen molar-refractivity contribution in [3.63, 3.8) is 0 Å². The Morgan fingerprint density at radius 3 is 2.63 bits per heavy atom. The molecule has 0 N–H and O–H groups in total. The van der Waals surface area contributed by atoms with Crippen molar-refractivity contribution in [2.75, 3.05) is 20.3 Å². The molecule has 1 aliphatic heterocycles. The first-order valence-electron chi connectivity index (χ1n) is 11.5. The maximum Gasteiger partial charge on any atom is 0.266 e. The van der Waals surface area contributed by atoms with Gasteiger partial charge in [-0.25, -0.2) is 4.68 Å². The molecule has 1 saturated heterocycles. The molecule has 0 radical (unpaired) electrons. The first-order chi connectivity index (χ1) is 16.9. The molecule has 0 aliphatic carbocycles. The van der Waals surface area contributed by atoms with Crippen molar-refractivity contribution in [3.05, 3.63) is 70.8 Å². The standard InChI is InChI=1S/C27H29N3O3S2/c1-18(2)33-23-12-11-20(15-19(23)3)25-21(17-30(28-25)22-9-6-5-7-10-22)16-24-26(31)29(27(34)35-24)13-8-14-32-4/h5-7,9-12,15-18H,8,13-14H2,1-4H3. The fourth-order valence-electron chi connectivity index (χ4n) is 3.81. The van der Waals surface area contributed by atoms with E-state index in [1.165, 1.54) is 11.8 Å². The third-order valence-electron chi connectivity index (χ3n) is 5.46. The highest BCUT2D eigenvalue weighted by atomic mass is 32.2. The number of thiocarbonyl (C=S) groups is 1. The van der Waals surface area contributed by atoms with Crippen LogP contribution in [0.1, 0.15) is 31.4 Å². The minimum Gasteiger partial charge on any atom is -0.491 e. The number of aryl methyl sites for hydroxylation is 1. The molecule has 8 heteroatoms. The van der Waals surface area contributed by atoms with Gasteiger partial charge in [0.15, 0.2) is 0 Å². The molecule has 1 fully saturated rings. The predicted octanol–water partition coefficient (Wildman–Crippen LogP) is 5.87. The molecule has 1 amide bonds. The van der Waals surface area contributed by atoms with Gasteiger partial charge in [-0.15, -0.1) is 0 Å². The first kappa shape index (κ1) is 25.2. The summed E-state index contributed by atoms with van der Waals surface area (Å²) < 4.78 is 13.4. The molecule has 0 spiro atoms. The summed E-state index contributed by atoms with van der Waals surface area (Å²) in [6.45, 7) is 7.18. The van der Waals surface area contributed by atoms with Crippen molar-refractivity contribution in [2.24, 2.45) is 0 Å². The van der Waals surface area contributed by atoms with Gasteiger partial charge in [0.25, 0.3) is 5.91 Å². The van der Waals surface area contributed by atoms with E-state index in [9.17, 15) is 4.79 Å². The maximum atomic E-state index is 13.1. The zero-order valence-corrected chi connectivity index (χ0v) is 22.0. The third kappa shape index (κ3) is 5.83. The van der Waals surface area contributed by atoms with Gasteiger partial charge in [0, 0.05) is 37.6 Å². The van der Waals surface area contributed by atoms with Gasteiger partial charge in [-0.05, 0) is 69.2 Å². The van der Waals surface area contributed by atoms with E-state index in [-0.39, 0.29) is 12.0 Å². The van der Waals surface area contributed by atoms with E-state index >= 15 is 0 Å². The summed E-state index contributed by atoms with van der Waals surface area (Å²) in [6.07, 6.45) is 4.68. The first-order valence-corrected chi connectivity index (χ1v) is 12.8. The fraction of sp³-hybridized carbons (Fsp3) is 0.296. The van der Waals surface area contributed by atoms with Crippen LogP contribution in [0, 0.1) is 6.92 Å². The van der Waals surface area contributed by atoms with E-state index in [4.69, 9.17) is 26.8 Å². The van der Waals surface area contributed by atoms with Gasteiger partial charge in [-0.3, -0.25) is 9.69 Å². The number of carbonyl (C=O) groups excluding carboxylic acids is 1. The monoisotopic (exact) mass is 507 g/mol. The number of rotatable bonds is 9. The second-order valence-electron chi connectivity index (χ2n) is 8.54. The van der Waals surface area contributed by atoms with Crippen LogP contribution in [0.2, 0.25) is 0 Å². The summed E-state index contributed by atoms with van der Waals surface area (Å²) in [4.78, 5) is 15.3. The Labute approximate surface area is 215 Å². The smallest absolute Gasteiger partial charge is 0.266 e. The average molecular weight is 508 g/mol. The number of aromatic nitrogens is 2. The Bertz CT molecular complexity index is 1250. The van der Waals surface area contributed by atoms with Gasteiger partial charge in [-0.2, -0.15) is 5.10 Å². The second kappa shape index (κ2) is 11.2. The minimum atomic E-state index is -0.0774. The van der Waals surface area contributed by atoms with E-state index in [1.807, 2.05) is 80.2 Å². The summed E-state index contributed by atoms with van der Waals surface area (Å²) in [5.41, 5.74) is 4.56. The lowest BCUT2D eigenvalue weighted by Gasteiger charge is -2.13. The van der Waals surface area contributed by atoms with Crippen LogP contribution in [0.3, 0.4) is 0 Å². The molecule has 35 heavy (non-hydrogen) atoms. The lowest BCUT2D eigenvalue weighted by molar-refractivity contribution is -0.122. The fourth-order valence-corrected chi connectivity index (χ4v) is 5.11. The molecular formula is C27H29N3O3S2. The molecule has 6 nitrogen and oxygen atoms in total. The number of para-hydroxylation sites is 1. The molecule has 4 rings (SSSR count). The maximum absolute atomic E-state index is 13.1. The van der Waals surface area contributed by atoms with Gasteiger partial charge < -0.3 is 9.47 Å². The highest BCUT2D eigenvalue weighted by Crippen LogP contribution is 2.35. The summed E-state index contributed by atoms with van der Waals surface area (Å²) in [5.74, 6) is 0.774. The summed E-state index contributed by atoms with van der Waals surface area (Å²) in [7, 11) is 1.65. The third-order valence-corrected chi connectivity index (χ3v) is 6.84. The lowest BCUT2D eigenvalue weighted by atomic mass is 10.0. The molecule has 0 saturated carbocycles. The highest BCUT2D eigenvalue weighted by molar-refractivity contribution is 8.26. The molecule has 2 heterocycles. The molecule has 0 bridgehead atoms. The number of carbonyl (C=O) groups is 1. The summed E-state index contributed by atoms with van der Waals surface area (Å²) in [6, 6.07) is 16.0. The number of methoxy groups -OCH3 is 1. The quantitative estimate of drug-likeness (QED) is 0.205. The Kier molecular flexibility index (Phi) is 8.05. The van der Waals surface area contributed by atoms with E-state index in [2.05, 4.69) is 6.07 Å². The Morgan fingerprint density at radius 1 is 1.17 bits per heavy atom. The van der Waals surface area contributed by atoms with Crippen molar-refractivity contribution in [2.45, 2.75) is 33.3 Å². The van der Waals surface area contributed by atoms with Crippen molar-refractivity contribution in [1.29, 1.82) is 0 Å². The van der Waals surface area contributed by atoms with Crippen LogP contribution in [-0.4, -0.2) is 51.3 Å². The number of amides is 1. The van der Waals surface area contributed by atoms with Crippen LogP contribution in [-0.2, 0) is 9.53 Å². The SMILES string of the molecule is COCCCN1C(=O)C(=Cc2cn(-c3ccccc3)nc2-c2ccc(OC(C)C)c(C)c2)SC1=S. The molecule has 0 unspecified atom stereocenters. The Hall–Kier alpha value is -2.94. The number of hydrogen-bond acceptors (Lipinski definition) is 6. The number of thioether (sulfide) groups is 1. The zero-order chi connectivity index (χ0) is 24.9. The molecule has 3 aromatic rings. The van der Waals surface area contributed by atoms with Crippen LogP contribution in [0.5, 0.6) is 5.75 Å². The molecule has 182 valence electrons.